The number of hydrogen-bond donors (Lipinski definition) is 0. The smallest absolute Gasteiger partial charge is 0.360 e. The summed E-state index contributed by atoms with van der Waals surface area (Å²) >= 11 is 0. The van der Waals surface area contributed by atoms with Crippen LogP contribution in [0.4, 0.5) is 0 Å². The fourth-order valence-electron chi connectivity index (χ4n) is 1.65. The highest BCUT2D eigenvalue weighted by Crippen LogP contribution is 2.18. The summed E-state index contributed by atoms with van der Waals surface area (Å²) < 4.78 is 10.2. The molecule has 0 fully saturated rings. The summed E-state index contributed by atoms with van der Waals surface area (Å²) in [5.41, 5.74) is 1.53. The molecule has 0 spiro atoms. The molecule has 2 aromatic rings. The lowest BCUT2D eigenvalue weighted by molar-refractivity contribution is 0.0588. The molecule has 5 heteroatoms. The van der Waals surface area contributed by atoms with E-state index >= 15 is 0 Å². The number of nitrogens with zero attached hydrogens (tertiary/aromatic N) is 2. The predicted octanol–water partition coefficient (Wildman–Crippen LogP) is 2.32. The lowest BCUT2D eigenvalue weighted by atomic mass is 10.1. The largest absolute Gasteiger partial charge is 0.486 e. The molecule has 0 aliphatic heterocycles. The summed E-state index contributed by atoms with van der Waals surface area (Å²) in [5, 5.41) is 8.83. The number of pyridine rings is 1. The zero-order valence-corrected chi connectivity index (χ0v) is 10.9. The van der Waals surface area contributed by atoms with Crippen molar-refractivity contribution in [2.75, 3.05) is 7.11 Å². The summed E-state index contributed by atoms with van der Waals surface area (Å²) in [6, 6.07) is 12.5. The maximum atomic E-state index is 11.5. The number of aromatic nitrogens is 1. The first-order valence-electron chi connectivity index (χ1n) is 5.89. The van der Waals surface area contributed by atoms with Crippen LogP contribution >= 0.6 is 0 Å². The molecule has 0 amide bonds. The molecule has 1 heterocycles. The lowest BCUT2D eigenvalue weighted by Crippen LogP contribution is -2.08. The van der Waals surface area contributed by atoms with Crippen LogP contribution in [0.15, 0.2) is 42.6 Å². The second kappa shape index (κ2) is 6.34. The molecule has 1 aromatic heterocycles. The summed E-state index contributed by atoms with van der Waals surface area (Å²) in [7, 11) is 1.29. The van der Waals surface area contributed by atoms with Crippen LogP contribution in [0.5, 0.6) is 5.75 Å². The fraction of sp³-hybridized carbons (Fsp3) is 0.133. The zero-order chi connectivity index (χ0) is 14.4. The van der Waals surface area contributed by atoms with Crippen LogP contribution in [-0.4, -0.2) is 18.1 Å². The quantitative estimate of drug-likeness (QED) is 0.796. The van der Waals surface area contributed by atoms with Gasteiger partial charge in [0.05, 0.1) is 18.7 Å². The molecule has 0 saturated carbocycles. The lowest BCUT2D eigenvalue weighted by Gasteiger charge is -2.09. The van der Waals surface area contributed by atoms with Crippen molar-refractivity contribution in [3.8, 4) is 11.8 Å². The third-order valence-electron chi connectivity index (χ3n) is 2.60. The number of hydrogen-bond acceptors (Lipinski definition) is 5. The van der Waals surface area contributed by atoms with E-state index in [1.165, 1.54) is 13.3 Å². The third kappa shape index (κ3) is 3.12. The molecule has 0 aliphatic rings. The molecule has 0 saturated heterocycles. The van der Waals surface area contributed by atoms with E-state index in [9.17, 15) is 4.79 Å². The molecule has 5 nitrogen and oxygen atoms in total. The van der Waals surface area contributed by atoms with E-state index < -0.39 is 5.97 Å². The third-order valence-corrected chi connectivity index (χ3v) is 2.60. The van der Waals surface area contributed by atoms with Gasteiger partial charge in [-0.05, 0) is 29.8 Å². The Kier molecular flexibility index (Phi) is 4.30. The molecule has 0 radical (unpaired) electrons. The monoisotopic (exact) mass is 268 g/mol. The highest BCUT2D eigenvalue weighted by molar-refractivity contribution is 5.90. The maximum Gasteiger partial charge on any atom is 0.360 e. The minimum absolute atomic E-state index is 0.131. The number of ether oxygens (including phenoxy) is 2. The number of carbonyl (C=O) groups excluding carboxylic acids is 1. The predicted molar refractivity (Wildman–Crippen MR) is 71.1 cm³/mol. The average Bonchev–Trinajstić information content (AvgIpc) is 2.52. The van der Waals surface area contributed by atoms with Crippen LogP contribution in [0.3, 0.4) is 0 Å². The Morgan fingerprint density at radius 1 is 1.35 bits per heavy atom. The Balaban J connectivity index is 2.15. The van der Waals surface area contributed by atoms with E-state index in [4.69, 9.17) is 10.00 Å². The Labute approximate surface area is 116 Å². The first-order valence-corrected chi connectivity index (χ1v) is 5.89. The summed E-state index contributed by atoms with van der Waals surface area (Å²) in [4.78, 5) is 15.5. The molecule has 1 aromatic carbocycles. The van der Waals surface area contributed by atoms with Crippen molar-refractivity contribution in [2.45, 2.75) is 6.61 Å². The maximum absolute atomic E-state index is 11.5. The van der Waals surface area contributed by atoms with Gasteiger partial charge in [0.1, 0.15) is 6.61 Å². The summed E-state index contributed by atoms with van der Waals surface area (Å²) in [5.74, 6) is -0.201. The molecule has 2 rings (SSSR count). The number of esters is 1. The number of methoxy groups -OCH3 is 1. The van der Waals surface area contributed by atoms with Gasteiger partial charge in [-0.1, -0.05) is 12.1 Å². The van der Waals surface area contributed by atoms with Crippen molar-refractivity contribution < 1.29 is 14.3 Å². The van der Waals surface area contributed by atoms with Gasteiger partial charge in [-0.25, -0.2) is 9.78 Å². The van der Waals surface area contributed by atoms with Gasteiger partial charge in [-0.15, -0.1) is 0 Å². The summed E-state index contributed by atoms with van der Waals surface area (Å²) in [6.45, 7) is 0.241. The minimum Gasteiger partial charge on any atom is -0.486 e. The van der Waals surface area contributed by atoms with Crippen molar-refractivity contribution >= 4 is 5.97 Å². The Morgan fingerprint density at radius 3 is 2.95 bits per heavy atom. The van der Waals surface area contributed by atoms with Gasteiger partial charge in [0.25, 0.3) is 0 Å². The molecule has 0 bridgehead atoms. The van der Waals surface area contributed by atoms with Gasteiger partial charge in [-0.3, -0.25) is 0 Å². The Bertz CT molecular complexity index is 662. The van der Waals surface area contributed by atoms with E-state index in [0.717, 1.165) is 5.56 Å². The second-order valence-corrected chi connectivity index (χ2v) is 3.94. The Morgan fingerprint density at radius 2 is 2.20 bits per heavy atom. The highest BCUT2D eigenvalue weighted by Gasteiger charge is 2.14. The van der Waals surface area contributed by atoms with E-state index in [1.807, 2.05) is 6.07 Å². The Hall–Kier alpha value is -2.87. The zero-order valence-electron chi connectivity index (χ0n) is 10.9. The van der Waals surface area contributed by atoms with E-state index in [2.05, 4.69) is 15.8 Å². The van der Waals surface area contributed by atoms with Gasteiger partial charge in [0.2, 0.25) is 0 Å². The molecular formula is C15H12N2O3. The normalized spacial score (nSPS) is 9.60. The van der Waals surface area contributed by atoms with Gasteiger partial charge in [0.15, 0.2) is 11.4 Å². The van der Waals surface area contributed by atoms with Gasteiger partial charge >= 0.3 is 5.97 Å². The molecule has 20 heavy (non-hydrogen) atoms. The molecule has 100 valence electrons. The number of carbonyl (C=O) groups is 1. The van der Waals surface area contributed by atoms with Gasteiger partial charge < -0.3 is 9.47 Å². The van der Waals surface area contributed by atoms with Crippen LogP contribution in [0, 0.1) is 11.3 Å². The molecular weight excluding hydrogens is 256 g/mol. The van der Waals surface area contributed by atoms with Crippen molar-refractivity contribution in [3.63, 3.8) is 0 Å². The molecule has 0 unspecified atom stereocenters. The first-order chi connectivity index (χ1) is 9.74. The van der Waals surface area contributed by atoms with Gasteiger partial charge in [0, 0.05) is 6.20 Å². The second-order valence-electron chi connectivity index (χ2n) is 3.94. The SMILES string of the molecule is COC(=O)c1ncccc1OCc1cccc(C#N)c1. The summed E-state index contributed by atoms with van der Waals surface area (Å²) in [6.07, 6.45) is 1.50. The van der Waals surface area contributed by atoms with Crippen LogP contribution in [-0.2, 0) is 11.3 Å². The average molecular weight is 268 g/mol. The highest BCUT2D eigenvalue weighted by atomic mass is 16.5. The van der Waals surface area contributed by atoms with Crippen molar-refractivity contribution in [1.29, 1.82) is 5.26 Å². The van der Waals surface area contributed by atoms with E-state index in [0.29, 0.717) is 11.3 Å². The molecule has 0 aliphatic carbocycles. The van der Waals surface area contributed by atoms with E-state index in [1.54, 1.807) is 30.3 Å². The van der Waals surface area contributed by atoms with Crippen LogP contribution in [0.25, 0.3) is 0 Å². The number of benzene rings is 1. The van der Waals surface area contributed by atoms with Crippen molar-refractivity contribution in [1.82, 2.24) is 4.98 Å². The van der Waals surface area contributed by atoms with Crippen molar-refractivity contribution in [2.24, 2.45) is 0 Å². The number of nitriles is 1. The van der Waals surface area contributed by atoms with Crippen LogP contribution < -0.4 is 4.74 Å². The van der Waals surface area contributed by atoms with Crippen molar-refractivity contribution in [3.05, 3.63) is 59.4 Å². The fourth-order valence-corrected chi connectivity index (χ4v) is 1.65. The molecule has 0 atom stereocenters. The van der Waals surface area contributed by atoms with E-state index in [-0.39, 0.29) is 12.3 Å². The standard InChI is InChI=1S/C15H12N2O3/c1-19-15(18)14-13(6-3-7-17-14)20-10-12-5-2-4-11(8-12)9-16/h2-8H,10H2,1H3. The first kappa shape index (κ1) is 13.6. The van der Waals surface area contributed by atoms with Crippen LogP contribution in [0.2, 0.25) is 0 Å². The minimum atomic E-state index is -0.550. The van der Waals surface area contributed by atoms with Crippen LogP contribution in [0.1, 0.15) is 21.6 Å². The number of rotatable bonds is 4. The molecule has 0 N–H and O–H groups in total. The topological polar surface area (TPSA) is 72.2 Å². The van der Waals surface area contributed by atoms with Gasteiger partial charge in [-0.2, -0.15) is 5.26 Å².